The van der Waals surface area contributed by atoms with Crippen LogP contribution in [0, 0.1) is 26.2 Å². The lowest BCUT2D eigenvalue weighted by Crippen LogP contribution is -2.23. The van der Waals surface area contributed by atoms with Crippen LogP contribution in [0.5, 0.6) is 5.75 Å². The molecule has 0 heterocycles. The predicted octanol–water partition coefficient (Wildman–Crippen LogP) is 3.90. The standard InChI is InChI=1S/C20H23N3O.HI/c1-4-13-24-19-9-6-17(7-10-19)11-12-22-20(21)23-18-8-5-15(2)16(3)14-18;/h1,5-10,14H,11-13H2,2-3H3,(H3,21,22,23);1H. The first-order valence-electron chi connectivity index (χ1n) is 7.88. The van der Waals surface area contributed by atoms with Gasteiger partial charge in [-0.1, -0.05) is 24.1 Å². The Morgan fingerprint density at radius 1 is 1.16 bits per heavy atom. The molecule has 25 heavy (non-hydrogen) atoms. The summed E-state index contributed by atoms with van der Waals surface area (Å²) in [6.07, 6.45) is 5.97. The third kappa shape index (κ3) is 7.06. The molecule has 0 radical (unpaired) electrons. The quantitative estimate of drug-likeness (QED) is 0.305. The van der Waals surface area contributed by atoms with Crippen molar-refractivity contribution >= 4 is 35.6 Å². The van der Waals surface area contributed by atoms with E-state index in [-0.39, 0.29) is 30.6 Å². The second-order valence-electron chi connectivity index (χ2n) is 5.58. The molecule has 3 N–H and O–H groups in total. The van der Waals surface area contributed by atoms with Gasteiger partial charge < -0.3 is 15.8 Å². The summed E-state index contributed by atoms with van der Waals surface area (Å²) in [7, 11) is 0. The average molecular weight is 449 g/mol. The first-order chi connectivity index (χ1) is 11.6. The average Bonchev–Trinajstić information content (AvgIpc) is 2.57. The number of guanidine groups is 1. The molecule has 0 aliphatic carbocycles. The lowest BCUT2D eigenvalue weighted by molar-refractivity contribution is 0.370. The van der Waals surface area contributed by atoms with Crippen LogP contribution in [0.3, 0.4) is 0 Å². The highest BCUT2D eigenvalue weighted by Crippen LogP contribution is 2.14. The summed E-state index contributed by atoms with van der Waals surface area (Å²) < 4.78 is 5.34. The molecule has 0 unspecified atom stereocenters. The summed E-state index contributed by atoms with van der Waals surface area (Å²) in [6.45, 7) is 5.06. The van der Waals surface area contributed by atoms with E-state index in [2.05, 4.69) is 42.2 Å². The summed E-state index contributed by atoms with van der Waals surface area (Å²) >= 11 is 0. The summed E-state index contributed by atoms with van der Waals surface area (Å²) in [5, 5.41) is 3.12. The molecule has 132 valence electrons. The highest BCUT2D eigenvalue weighted by atomic mass is 127. The van der Waals surface area contributed by atoms with Crippen LogP contribution in [0.15, 0.2) is 47.5 Å². The van der Waals surface area contributed by atoms with E-state index in [1.54, 1.807) is 0 Å². The van der Waals surface area contributed by atoms with Gasteiger partial charge >= 0.3 is 0 Å². The number of aryl methyl sites for hydroxylation is 2. The summed E-state index contributed by atoms with van der Waals surface area (Å²) in [5.41, 5.74) is 10.5. The van der Waals surface area contributed by atoms with Crippen LogP contribution in [0.1, 0.15) is 16.7 Å². The highest BCUT2D eigenvalue weighted by Gasteiger charge is 1.99. The Morgan fingerprint density at radius 2 is 1.88 bits per heavy atom. The summed E-state index contributed by atoms with van der Waals surface area (Å²) in [4.78, 5) is 4.36. The number of hydrogen-bond donors (Lipinski definition) is 2. The monoisotopic (exact) mass is 449 g/mol. The number of hydrogen-bond acceptors (Lipinski definition) is 2. The minimum Gasteiger partial charge on any atom is -0.481 e. The molecule has 2 aromatic carbocycles. The Morgan fingerprint density at radius 3 is 2.52 bits per heavy atom. The second-order valence-corrected chi connectivity index (χ2v) is 5.58. The van der Waals surface area contributed by atoms with Crippen LogP contribution in [-0.2, 0) is 6.42 Å². The Hall–Kier alpha value is -2.20. The molecule has 0 aliphatic heterocycles. The van der Waals surface area contributed by atoms with E-state index in [0.717, 1.165) is 17.9 Å². The van der Waals surface area contributed by atoms with Gasteiger partial charge in [0.2, 0.25) is 0 Å². The van der Waals surface area contributed by atoms with Gasteiger partial charge in [0.1, 0.15) is 12.4 Å². The number of halogens is 1. The van der Waals surface area contributed by atoms with Crippen LogP contribution < -0.4 is 15.8 Å². The van der Waals surface area contributed by atoms with Gasteiger partial charge in [-0.15, -0.1) is 30.4 Å². The fourth-order valence-corrected chi connectivity index (χ4v) is 2.19. The number of terminal acetylenes is 1. The maximum absolute atomic E-state index is 5.94. The number of nitrogens with two attached hydrogens (primary N) is 1. The normalized spacial score (nSPS) is 10.5. The number of nitrogens with one attached hydrogen (secondary N) is 1. The van der Waals surface area contributed by atoms with Crippen molar-refractivity contribution in [3.8, 4) is 18.1 Å². The van der Waals surface area contributed by atoms with Crippen LogP contribution in [0.4, 0.5) is 5.69 Å². The predicted molar refractivity (Wildman–Crippen MR) is 116 cm³/mol. The molecule has 2 rings (SSSR count). The van der Waals surface area contributed by atoms with E-state index in [1.807, 2.05) is 30.3 Å². The molecule has 5 heteroatoms. The molecule has 0 amide bonds. The zero-order valence-corrected chi connectivity index (χ0v) is 16.9. The Kier molecular flexibility index (Phi) is 8.86. The molecule has 2 aromatic rings. The third-order valence-corrected chi connectivity index (χ3v) is 3.71. The lowest BCUT2D eigenvalue weighted by atomic mass is 10.1. The minimum atomic E-state index is 0. The van der Waals surface area contributed by atoms with Crippen LogP contribution in [0.2, 0.25) is 0 Å². The zero-order chi connectivity index (χ0) is 17.4. The first kappa shape index (κ1) is 20.8. The summed E-state index contributed by atoms with van der Waals surface area (Å²) in [6, 6.07) is 14.0. The zero-order valence-electron chi connectivity index (χ0n) is 14.6. The molecule has 0 aromatic heterocycles. The fraction of sp³-hybridized carbons (Fsp3) is 0.250. The van der Waals surface area contributed by atoms with E-state index < -0.39 is 0 Å². The summed E-state index contributed by atoms with van der Waals surface area (Å²) in [5.74, 6) is 3.64. The van der Waals surface area contributed by atoms with Gasteiger partial charge in [-0.25, -0.2) is 0 Å². The fourth-order valence-electron chi connectivity index (χ4n) is 2.19. The molecule has 0 saturated carbocycles. The van der Waals surface area contributed by atoms with Crippen LogP contribution in [0.25, 0.3) is 0 Å². The second kappa shape index (κ2) is 10.6. The molecule has 4 nitrogen and oxygen atoms in total. The number of nitrogens with zero attached hydrogens (tertiary/aromatic N) is 1. The number of ether oxygens (including phenoxy) is 1. The van der Waals surface area contributed by atoms with Crippen molar-refractivity contribution in [2.45, 2.75) is 20.3 Å². The first-order valence-corrected chi connectivity index (χ1v) is 7.88. The van der Waals surface area contributed by atoms with E-state index in [0.29, 0.717) is 12.5 Å². The Balaban J connectivity index is 0.00000312. The van der Waals surface area contributed by atoms with Gasteiger partial charge in [-0.2, -0.15) is 0 Å². The Labute approximate surface area is 166 Å². The van der Waals surface area contributed by atoms with Gasteiger partial charge in [0, 0.05) is 12.2 Å². The van der Waals surface area contributed by atoms with Gasteiger partial charge in [0.05, 0.1) is 0 Å². The van der Waals surface area contributed by atoms with Crippen molar-refractivity contribution in [2.75, 3.05) is 18.5 Å². The third-order valence-electron chi connectivity index (χ3n) is 3.71. The van der Waals surface area contributed by atoms with Gasteiger partial charge in [-0.3, -0.25) is 4.99 Å². The van der Waals surface area contributed by atoms with Gasteiger partial charge in [-0.05, 0) is 61.2 Å². The van der Waals surface area contributed by atoms with Crippen LogP contribution in [-0.4, -0.2) is 19.1 Å². The number of aliphatic imine (C=N–C) groups is 1. The van der Waals surface area contributed by atoms with Crippen molar-refractivity contribution in [1.29, 1.82) is 0 Å². The van der Waals surface area contributed by atoms with Crippen molar-refractivity contribution in [3.05, 3.63) is 59.2 Å². The van der Waals surface area contributed by atoms with Crippen molar-refractivity contribution < 1.29 is 4.74 Å². The number of rotatable bonds is 6. The van der Waals surface area contributed by atoms with E-state index in [9.17, 15) is 0 Å². The molecule has 0 saturated heterocycles. The largest absolute Gasteiger partial charge is 0.481 e. The molecule has 0 bridgehead atoms. The van der Waals surface area contributed by atoms with Crippen LogP contribution >= 0.6 is 24.0 Å². The lowest BCUT2D eigenvalue weighted by Gasteiger charge is -2.08. The SMILES string of the molecule is C#CCOc1ccc(CCN=C(N)Nc2ccc(C)c(C)c2)cc1.I. The highest BCUT2D eigenvalue weighted by molar-refractivity contribution is 14.0. The number of benzene rings is 2. The van der Waals surface area contributed by atoms with Gasteiger partial charge in [0.15, 0.2) is 5.96 Å². The van der Waals surface area contributed by atoms with Gasteiger partial charge in [0.25, 0.3) is 0 Å². The van der Waals surface area contributed by atoms with E-state index in [1.165, 1.54) is 16.7 Å². The smallest absolute Gasteiger partial charge is 0.193 e. The Bertz CT molecular complexity index is 749. The van der Waals surface area contributed by atoms with E-state index in [4.69, 9.17) is 16.9 Å². The maximum atomic E-state index is 5.94. The van der Waals surface area contributed by atoms with Crippen molar-refractivity contribution in [3.63, 3.8) is 0 Å². The molecule has 0 atom stereocenters. The molecular formula is C20H24IN3O. The van der Waals surface area contributed by atoms with Crippen molar-refractivity contribution in [1.82, 2.24) is 0 Å². The molecular weight excluding hydrogens is 425 g/mol. The number of anilines is 1. The molecule has 0 aliphatic rings. The van der Waals surface area contributed by atoms with E-state index >= 15 is 0 Å². The maximum Gasteiger partial charge on any atom is 0.193 e. The minimum absolute atomic E-state index is 0. The van der Waals surface area contributed by atoms with Crippen molar-refractivity contribution in [2.24, 2.45) is 10.7 Å². The molecule has 0 spiro atoms. The topological polar surface area (TPSA) is 59.6 Å². The molecule has 0 fully saturated rings.